The molecule has 0 radical (unpaired) electrons. The summed E-state index contributed by atoms with van der Waals surface area (Å²) >= 11 is 0. The van der Waals surface area contributed by atoms with E-state index in [9.17, 15) is 4.79 Å². The lowest BCUT2D eigenvalue weighted by Crippen LogP contribution is -2.08. The number of hydrogen-bond acceptors (Lipinski definition) is 6. The first-order valence-corrected chi connectivity index (χ1v) is 13.1. The molecule has 2 aromatic heterocycles. The van der Waals surface area contributed by atoms with Crippen molar-refractivity contribution in [2.75, 3.05) is 0 Å². The third-order valence-electron chi connectivity index (χ3n) is 6.70. The monoisotopic (exact) mass is 521 g/mol. The Labute approximate surface area is 227 Å². The minimum atomic E-state index is -0.916. The Morgan fingerprint density at radius 1 is 0.897 bits per heavy atom. The van der Waals surface area contributed by atoms with Crippen molar-refractivity contribution in [1.29, 1.82) is 0 Å². The molecule has 0 aliphatic carbocycles. The lowest BCUT2D eigenvalue weighted by atomic mass is 9.98. The van der Waals surface area contributed by atoms with Crippen molar-refractivity contribution in [2.24, 2.45) is 5.92 Å². The smallest absolute Gasteiger partial charge is 0.335 e. The van der Waals surface area contributed by atoms with Crippen LogP contribution in [0.25, 0.3) is 22.5 Å². The summed E-state index contributed by atoms with van der Waals surface area (Å²) in [6.07, 6.45) is 3.36. The van der Waals surface area contributed by atoms with Gasteiger partial charge in [0.05, 0.1) is 12.1 Å². The van der Waals surface area contributed by atoms with E-state index in [-0.39, 0.29) is 0 Å². The van der Waals surface area contributed by atoms with E-state index >= 15 is 0 Å². The van der Waals surface area contributed by atoms with E-state index in [1.807, 2.05) is 35.0 Å². The second kappa shape index (κ2) is 11.8. The molecule has 39 heavy (non-hydrogen) atoms. The summed E-state index contributed by atoms with van der Waals surface area (Å²) < 4.78 is 2.00. The lowest BCUT2D eigenvalue weighted by Gasteiger charge is -2.10. The van der Waals surface area contributed by atoms with E-state index in [4.69, 9.17) is 15.2 Å². The van der Waals surface area contributed by atoms with Crippen LogP contribution in [0.4, 0.5) is 0 Å². The summed E-state index contributed by atoms with van der Waals surface area (Å²) in [5.74, 6) is 2.10. The number of carboxylic acids is 1. The fourth-order valence-corrected chi connectivity index (χ4v) is 4.51. The quantitative estimate of drug-likeness (QED) is 0.243. The zero-order valence-corrected chi connectivity index (χ0v) is 22.1. The van der Waals surface area contributed by atoms with Gasteiger partial charge >= 0.3 is 5.97 Å². The fourth-order valence-electron chi connectivity index (χ4n) is 4.51. The maximum absolute atomic E-state index is 11.2. The number of rotatable bonds is 11. The van der Waals surface area contributed by atoms with Crippen LogP contribution < -0.4 is 0 Å². The molecule has 0 amide bonds. The molecule has 5 rings (SSSR count). The fraction of sp³-hybridized carbons (Fsp3) is 0.267. The lowest BCUT2D eigenvalue weighted by molar-refractivity contribution is 0.0697. The van der Waals surface area contributed by atoms with E-state index in [1.54, 1.807) is 12.1 Å². The number of nitrogens with one attached hydrogen (secondary N) is 1. The van der Waals surface area contributed by atoms with E-state index < -0.39 is 5.97 Å². The molecule has 0 aliphatic heterocycles. The van der Waals surface area contributed by atoms with E-state index in [1.165, 1.54) is 0 Å². The molecule has 9 heteroatoms. The van der Waals surface area contributed by atoms with Gasteiger partial charge in [-0.2, -0.15) is 5.10 Å². The number of aromatic nitrogens is 7. The minimum Gasteiger partial charge on any atom is -0.478 e. The summed E-state index contributed by atoms with van der Waals surface area (Å²) in [5.41, 5.74) is 5.57. The molecular formula is C30H31N7O2. The summed E-state index contributed by atoms with van der Waals surface area (Å²) in [6, 6.07) is 23.5. The molecule has 2 heterocycles. The SMILES string of the molecule is CC(C)CCc1nc(CCc2ccc(C(=O)O)cc2)n(Cc2ccc(-c3ccccc3-c3nnn[nH]3)cc2)n1. The van der Waals surface area contributed by atoms with Crippen LogP contribution in [0, 0.1) is 5.92 Å². The van der Waals surface area contributed by atoms with Crippen LogP contribution >= 0.6 is 0 Å². The third-order valence-corrected chi connectivity index (χ3v) is 6.70. The predicted octanol–water partition coefficient (Wildman–Crippen LogP) is 5.25. The van der Waals surface area contributed by atoms with Gasteiger partial charge in [-0.1, -0.05) is 74.5 Å². The van der Waals surface area contributed by atoms with Crippen LogP contribution in [0.5, 0.6) is 0 Å². The molecule has 0 unspecified atom stereocenters. The average Bonchev–Trinajstić information content (AvgIpc) is 3.62. The van der Waals surface area contributed by atoms with Crippen molar-refractivity contribution in [1.82, 2.24) is 35.4 Å². The Balaban J connectivity index is 1.34. The number of H-pyrrole nitrogens is 1. The minimum absolute atomic E-state index is 0.293. The zero-order chi connectivity index (χ0) is 27.2. The van der Waals surface area contributed by atoms with Gasteiger partial charge in [0.25, 0.3) is 0 Å². The van der Waals surface area contributed by atoms with Crippen molar-refractivity contribution in [3.63, 3.8) is 0 Å². The van der Waals surface area contributed by atoms with Crippen LogP contribution in [0.3, 0.4) is 0 Å². The topological polar surface area (TPSA) is 122 Å². The van der Waals surface area contributed by atoms with Crippen LogP contribution in [0.2, 0.25) is 0 Å². The van der Waals surface area contributed by atoms with Gasteiger partial charge in [0, 0.05) is 18.4 Å². The molecule has 0 bridgehead atoms. The highest BCUT2D eigenvalue weighted by Crippen LogP contribution is 2.29. The molecule has 9 nitrogen and oxygen atoms in total. The van der Waals surface area contributed by atoms with E-state index in [0.717, 1.165) is 65.1 Å². The molecule has 0 fully saturated rings. The normalized spacial score (nSPS) is 11.3. The van der Waals surface area contributed by atoms with Crippen LogP contribution in [-0.4, -0.2) is 46.5 Å². The Morgan fingerprint density at radius 3 is 2.28 bits per heavy atom. The van der Waals surface area contributed by atoms with Crippen LogP contribution in [-0.2, 0) is 25.8 Å². The maximum atomic E-state index is 11.2. The molecular weight excluding hydrogens is 490 g/mol. The number of tetrazole rings is 1. The molecule has 0 saturated heterocycles. The molecule has 3 aromatic carbocycles. The van der Waals surface area contributed by atoms with Crippen LogP contribution in [0.1, 0.15) is 53.4 Å². The summed E-state index contributed by atoms with van der Waals surface area (Å²) in [7, 11) is 0. The number of aromatic carboxylic acids is 1. The van der Waals surface area contributed by atoms with Crippen molar-refractivity contribution in [3.05, 3.63) is 101 Å². The van der Waals surface area contributed by atoms with Gasteiger partial charge in [0.15, 0.2) is 11.6 Å². The molecule has 0 aliphatic rings. The zero-order valence-electron chi connectivity index (χ0n) is 22.1. The summed E-state index contributed by atoms with van der Waals surface area (Å²) in [6.45, 7) is 5.03. The van der Waals surface area contributed by atoms with Gasteiger partial charge in [-0.05, 0) is 63.6 Å². The second-order valence-electron chi connectivity index (χ2n) is 10.0. The number of carbonyl (C=O) groups is 1. The van der Waals surface area contributed by atoms with Gasteiger partial charge in [-0.15, -0.1) is 5.10 Å². The van der Waals surface area contributed by atoms with Crippen molar-refractivity contribution in [2.45, 2.75) is 46.1 Å². The van der Waals surface area contributed by atoms with Gasteiger partial charge in [0.1, 0.15) is 5.82 Å². The second-order valence-corrected chi connectivity index (χ2v) is 10.0. The molecule has 2 N–H and O–H groups in total. The Kier molecular flexibility index (Phi) is 7.86. The molecule has 5 aromatic rings. The summed E-state index contributed by atoms with van der Waals surface area (Å²) in [4.78, 5) is 16.0. The molecule has 0 atom stereocenters. The number of carboxylic acid groups (broad SMARTS) is 1. The number of benzene rings is 3. The van der Waals surface area contributed by atoms with Gasteiger partial charge in [-0.25, -0.2) is 19.6 Å². The first-order valence-electron chi connectivity index (χ1n) is 13.1. The van der Waals surface area contributed by atoms with Gasteiger partial charge < -0.3 is 5.11 Å². The van der Waals surface area contributed by atoms with Gasteiger partial charge in [0.2, 0.25) is 0 Å². The van der Waals surface area contributed by atoms with Gasteiger partial charge in [-0.3, -0.25) is 0 Å². The number of hydrogen-bond donors (Lipinski definition) is 2. The van der Waals surface area contributed by atoms with Crippen molar-refractivity contribution >= 4 is 5.97 Å². The summed E-state index contributed by atoms with van der Waals surface area (Å²) in [5, 5.41) is 28.4. The Bertz CT molecular complexity index is 1520. The Morgan fingerprint density at radius 2 is 1.62 bits per heavy atom. The third kappa shape index (κ3) is 6.43. The van der Waals surface area contributed by atoms with Crippen molar-refractivity contribution < 1.29 is 9.90 Å². The molecule has 198 valence electrons. The standard InChI is InChI=1S/C30H31N7O2/c1-20(2)7-17-27-31-28(18-12-21-8-15-24(16-9-21)30(38)39)37(34-27)19-22-10-13-23(14-11-22)25-5-3-4-6-26(25)29-32-35-36-33-29/h3-6,8-11,13-16,20H,7,12,17-19H2,1-2H3,(H,38,39)(H,32,33,35,36). The highest BCUT2D eigenvalue weighted by molar-refractivity contribution is 5.87. The van der Waals surface area contributed by atoms with E-state index in [2.05, 4.69) is 64.8 Å². The highest BCUT2D eigenvalue weighted by Gasteiger charge is 2.14. The number of aromatic amines is 1. The molecule has 0 saturated carbocycles. The number of nitrogens with zero attached hydrogens (tertiary/aromatic N) is 6. The van der Waals surface area contributed by atoms with Crippen molar-refractivity contribution in [3.8, 4) is 22.5 Å². The first-order chi connectivity index (χ1) is 19.0. The Hall–Kier alpha value is -4.66. The molecule has 0 spiro atoms. The maximum Gasteiger partial charge on any atom is 0.335 e. The first kappa shape index (κ1) is 26.0. The van der Waals surface area contributed by atoms with E-state index in [0.29, 0.717) is 23.9 Å². The van der Waals surface area contributed by atoms with Crippen LogP contribution in [0.15, 0.2) is 72.8 Å². The highest BCUT2D eigenvalue weighted by atomic mass is 16.4. The number of aryl methyl sites for hydroxylation is 3. The predicted molar refractivity (Wildman–Crippen MR) is 148 cm³/mol. The largest absolute Gasteiger partial charge is 0.478 e. The average molecular weight is 522 g/mol.